The Hall–Kier alpha value is -2.44. The zero-order chi connectivity index (χ0) is 13.0. The van der Waals surface area contributed by atoms with Gasteiger partial charge < -0.3 is 11.1 Å². The maximum Gasteiger partial charge on any atom is 0.273 e. The minimum absolute atomic E-state index is 0.0844. The second-order valence-electron chi connectivity index (χ2n) is 3.89. The first kappa shape index (κ1) is 12.0. The van der Waals surface area contributed by atoms with Crippen LogP contribution in [-0.2, 0) is 6.54 Å². The molecule has 3 N–H and O–H groups in total. The number of anilines is 1. The predicted octanol–water partition coefficient (Wildman–Crippen LogP) is 0.0738. The molecule has 2 heterocycles. The molecule has 0 aliphatic heterocycles. The lowest BCUT2D eigenvalue weighted by Gasteiger charge is -2.13. The zero-order valence-corrected chi connectivity index (χ0v) is 9.95. The molecule has 0 unspecified atom stereocenters. The van der Waals surface area contributed by atoms with Crippen LogP contribution in [0.3, 0.4) is 0 Å². The summed E-state index contributed by atoms with van der Waals surface area (Å²) in [5, 5.41) is 6.86. The maximum absolute atomic E-state index is 11.9. The van der Waals surface area contributed by atoms with Crippen molar-refractivity contribution in [1.82, 2.24) is 25.1 Å². The first-order valence-corrected chi connectivity index (χ1v) is 5.51. The fourth-order valence-electron chi connectivity index (χ4n) is 1.55. The van der Waals surface area contributed by atoms with Gasteiger partial charge in [-0.2, -0.15) is 5.10 Å². The average Bonchev–Trinajstić information content (AvgIpc) is 2.82. The van der Waals surface area contributed by atoms with E-state index in [1.165, 1.54) is 12.4 Å². The molecule has 0 aromatic carbocycles. The molecule has 0 aliphatic carbocycles. The van der Waals surface area contributed by atoms with Crippen molar-refractivity contribution in [2.24, 2.45) is 0 Å². The van der Waals surface area contributed by atoms with Crippen LogP contribution in [0.25, 0.3) is 0 Å². The monoisotopic (exact) mass is 246 g/mol. The second-order valence-corrected chi connectivity index (χ2v) is 3.89. The zero-order valence-electron chi connectivity index (χ0n) is 9.95. The Labute approximate surface area is 104 Å². The molecule has 0 fully saturated rings. The Morgan fingerprint density at radius 3 is 2.89 bits per heavy atom. The Morgan fingerprint density at radius 1 is 1.44 bits per heavy atom. The normalized spacial score (nSPS) is 12.1. The first-order chi connectivity index (χ1) is 8.66. The number of hydrogen-bond donors (Lipinski definition) is 2. The van der Waals surface area contributed by atoms with Gasteiger partial charge in [0, 0.05) is 30.8 Å². The van der Waals surface area contributed by atoms with E-state index in [0.29, 0.717) is 6.54 Å². The molecule has 7 nitrogen and oxygen atoms in total. The van der Waals surface area contributed by atoms with E-state index in [1.54, 1.807) is 10.9 Å². The van der Waals surface area contributed by atoms with Gasteiger partial charge in [-0.3, -0.25) is 9.48 Å². The number of rotatable bonds is 4. The Bertz CT molecular complexity index is 524. The highest BCUT2D eigenvalue weighted by molar-refractivity contribution is 5.96. The largest absolute Gasteiger partial charge is 0.382 e. The number of aromatic nitrogens is 4. The number of carbonyl (C=O) groups is 1. The van der Waals surface area contributed by atoms with Crippen molar-refractivity contribution < 1.29 is 4.79 Å². The quantitative estimate of drug-likeness (QED) is 0.795. The average molecular weight is 246 g/mol. The third kappa shape index (κ3) is 2.82. The molecule has 94 valence electrons. The molecule has 0 saturated heterocycles. The highest BCUT2D eigenvalue weighted by Crippen LogP contribution is 2.03. The highest BCUT2D eigenvalue weighted by Gasteiger charge is 2.14. The Morgan fingerprint density at radius 2 is 2.22 bits per heavy atom. The molecule has 1 atom stereocenters. The summed E-state index contributed by atoms with van der Waals surface area (Å²) in [6.07, 6.45) is 6.40. The molecule has 0 radical (unpaired) electrons. The van der Waals surface area contributed by atoms with E-state index in [0.717, 1.165) is 0 Å². The number of carbonyl (C=O) groups excluding carboxylic acids is 1. The molecule has 0 aliphatic rings. The van der Waals surface area contributed by atoms with Crippen LogP contribution in [-0.4, -0.2) is 31.7 Å². The molecular formula is C11H14N6O. The molecular weight excluding hydrogens is 232 g/mol. The smallest absolute Gasteiger partial charge is 0.273 e. The third-order valence-electron chi connectivity index (χ3n) is 2.34. The fourth-order valence-corrected chi connectivity index (χ4v) is 1.55. The van der Waals surface area contributed by atoms with Gasteiger partial charge in [0.1, 0.15) is 0 Å². The molecule has 18 heavy (non-hydrogen) atoms. The van der Waals surface area contributed by atoms with E-state index in [1.807, 2.05) is 19.2 Å². The molecule has 0 spiro atoms. The molecule has 2 aromatic rings. The van der Waals surface area contributed by atoms with Gasteiger partial charge in [-0.25, -0.2) is 9.97 Å². The summed E-state index contributed by atoms with van der Waals surface area (Å²) in [6.45, 7) is 2.46. The number of nitrogens with zero attached hydrogens (tertiary/aromatic N) is 4. The summed E-state index contributed by atoms with van der Waals surface area (Å²) in [7, 11) is 0. The van der Waals surface area contributed by atoms with Crippen molar-refractivity contribution in [3.63, 3.8) is 0 Å². The molecule has 7 heteroatoms. The third-order valence-corrected chi connectivity index (χ3v) is 2.34. The maximum atomic E-state index is 11.9. The predicted molar refractivity (Wildman–Crippen MR) is 65.6 cm³/mol. The summed E-state index contributed by atoms with van der Waals surface area (Å²) in [4.78, 5) is 19.6. The highest BCUT2D eigenvalue weighted by atomic mass is 16.2. The van der Waals surface area contributed by atoms with E-state index < -0.39 is 0 Å². The SMILES string of the molecule is C[C@@H](Cn1cccn1)NC(=O)c1nccnc1N. The van der Waals surface area contributed by atoms with Crippen molar-refractivity contribution in [1.29, 1.82) is 0 Å². The Balaban J connectivity index is 1.97. The minimum Gasteiger partial charge on any atom is -0.382 e. The number of hydrogen-bond acceptors (Lipinski definition) is 5. The molecule has 1 amide bonds. The van der Waals surface area contributed by atoms with Crippen LogP contribution < -0.4 is 11.1 Å². The van der Waals surface area contributed by atoms with Crippen molar-refractivity contribution in [2.75, 3.05) is 5.73 Å². The van der Waals surface area contributed by atoms with E-state index in [9.17, 15) is 4.79 Å². The van der Waals surface area contributed by atoms with Crippen LogP contribution in [0.15, 0.2) is 30.9 Å². The topological polar surface area (TPSA) is 98.7 Å². The van der Waals surface area contributed by atoms with Crippen molar-refractivity contribution in [3.8, 4) is 0 Å². The van der Waals surface area contributed by atoms with Gasteiger partial charge in [0.25, 0.3) is 5.91 Å². The van der Waals surface area contributed by atoms with Crippen molar-refractivity contribution in [3.05, 3.63) is 36.5 Å². The fraction of sp³-hybridized carbons (Fsp3) is 0.273. The van der Waals surface area contributed by atoms with Gasteiger partial charge in [0.15, 0.2) is 11.5 Å². The van der Waals surface area contributed by atoms with Gasteiger partial charge in [0.05, 0.1) is 6.54 Å². The molecule has 0 saturated carbocycles. The van der Waals surface area contributed by atoms with Crippen LogP contribution in [0, 0.1) is 0 Å². The van der Waals surface area contributed by atoms with E-state index in [2.05, 4.69) is 20.4 Å². The standard InChI is InChI=1S/C11H14N6O/c1-8(7-17-6-2-3-15-17)16-11(18)9-10(12)14-5-4-13-9/h2-6,8H,7H2,1H3,(H2,12,14)(H,16,18)/t8-/m0/s1. The van der Waals surface area contributed by atoms with Crippen molar-refractivity contribution >= 4 is 11.7 Å². The van der Waals surface area contributed by atoms with Gasteiger partial charge in [-0.1, -0.05) is 0 Å². The molecule has 2 aromatic heterocycles. The minimum atomic E-state index is -0.333. The number of nitrogen functional groups attached to an aromatic ring is 1. The van der Waals surface area contributed by atoms with Crippen LogP contribution in [0.1, 0.15) is 17.4 Å². The first-order valence-electron chi connectivity index (χ1n) is 5.51. The van der Waals surface area contributed by atoms with Gasteiger partial charge >= 0.3 is 0 Å². The van der Waals surface area contributed by atoms with Crippen LogP contribution in [0.4, 0.5) is 5.82 Å². The summed E-state index contributed by atoms with van der Waals surface area (Å²) >= 11 is 0. The van der Waals surface area contributed by atoms with E-state index >= 15 is 0 Å². The van der Waals surface area contributed by atoms with Gasteiger partial charge in [0.2, 0.25) is 0 Å². The van der Waals surface area contributed by atoms with Gasteiger partial charge in [-0.15, -0.1) is 0 Å². The molecule has 2 rings (SSSR count). The number of nitrogens with one attached hydrogen (secondary N) is 1. The molecule has 0 bridgehead atoms. The summed E-state index contributed by atoms with van der Waals surface area (Å²) in [5.74, 6) is -0.207. The summed E-state index contributed by atoms with van der Waals surface area (Å²) in [5.41, 5.74) is 5.72. The lowest BCUT2D eigenvalue weighted by Crippen LogP contribution is -2.36. The van der Waals surface area contributed by atoms with Crippen molar-refractivity contribution in [2.45, 2.75) is 19.5 Å². The van der Waals surface area contributed by atoms with E-state index in [4.69, 9.17) is 5.73 Å². The number of nitrogens with two attached hydrogens (primary N) is 1. The van der Waals surface area contributed by atoms with Crippen LogP contribution in [0.2, 0.25) is 0 Å². The van der Waals surface area contributed by atoms with Crippen LogP contribution >= 0.6 is 0 Å². The lowest BCUT2D eigenvalue weighted by molar-refractivity contribution is 0.0931. The van der Waals surface area contributed by atoms with Gasteiger partial charge in [-0.05, 0) is 13.0 Å². The van der Waals surface area contributed by atoms with E-state index in [-0.39, 0.29) is 23.5 Å². The Kier molecular flexibility index (Phi) is 3.52. The summed E-state index contributed by atoms with van der Waals surface area (Å²) in [6, 6.07) is 1.74. The summed E-state index contributed by atoms with van der Waals surface area (Å²) < 4.78 is 1.74. The van der Waals surface area contributed by atoms with Crippen LogP contribution in [0.5, 0.6) is 0 Å². The number of amides is 1. The second kappa shape index (κ2) is 5.26. The lowest BCUT2D eigenvalue weighted by atomic mass is 10.3.